The largest absolute Gasteiger partial charge is 0.306 e. The van der Waals surface area contributed by atoms with Gasteiger partial charge in [0.05, 0.1) is 17.0 Å². The number of nitrogens with one attached hydrogen (secondary N) is 1. The van der Waals surface area contributed by atoms with Gasteiger partial charge < -0.3 is 4.98 Å². The Morgan fingerprint density at radius 3 is 2.92 bits per heavy atom. The van der Waals surface area contributed by atoms with Crippen molar-refractivity contribution in [2.24, 2.45) is 0 Å². The fourth-order valence-corrected chi connectivity index (χ4v) is 3.08. The van der Waals surface area contributed by atoms with Crippen molar-refractivity contribution in [2.45, 2.75) is 26.4 Å². The second-order valence-corrected chi connectivity index (χ2v) is 6.19. The number of pyridine rings is 1. The van der Waals surface area contributed by atoms with Crippen molar-refractivity contribution in [3.05, 3.63) is 69.9 Å². The molecule has 0 bridgehead atoms. The summed E-state index contributed by atoms with van der Waals surface area (Å²) in [5.41, 5.74) is 4.47. The highest BCUT2D eigenvalue weighted by Crippen LogP contribution is 2.19. The van der Waals surface area contributed by atoms with E-state index in [1.54, 1.807) is 12.4 Å². The Morgan fingerprint density at radius 1 is 1.28 bits per heavy atom. The van der Waals surface area contributed by atoms with E-state index in [2.05, 4.69) is 42.8 Å². The van der Waals surface area contributed by atoms with Crippen molar-refractivity contribution >= 4 is 0 Å². The fourth-order valence-electron chi connectivity index (χ4n) is 3.08. The molecular weight excluding hydrogens is 316 g/mol. The SMILES string of the molecule is Cc1cccnc1CN1CCc2c(nc(-c3cncnc3)[nH]c2=O)C1. The number of hydrogen-bond donors (Lipinski definition) is 1. The van der Waals surface area contributed by atoms with E-state index in [0.717, 1.165) is 30.0 Å². The lowest BCUT2D eigenvalue weighted by atomic mass is 10.1. The van der Waals surface area contributed by atoms with Crippen LogP contribution in [-0.2, 0) is 19.5 Å². The van der Waals surface area contributed by atoms with Crippen LogP contribution in [0.2, 0.25) is 0 Å². The van der Waals surface area contributed by atoms with Crippen molar-refractivity contribution < 1.29 is 0 Å². The van der Waals surface area contributed by atoms with Crippen molar-refractivity contribution in [2.75, 3.05) is 6.54 Å². The minimum atomic E-state index is -0.0717. The maximum absolute atomic E-state index is 12.4. The van der Waals surface area contributed by atoms with E-state index in [9.17, 15) is 4.79 Å². The van der Waals surface area contributed by atoms with E-state index >= 15 is 0 Å². The Kier molecular flexibility index (Phi) is 4.07. The highest BCUT2D eigenvalue weighted by Gasteiger charge is 2.22. The molecule has 0 aromatic carbocycles. The Bertz CT molecular complexity index is 953. The van der Waals surface area contributed by atoms with Crippen LogP contribution in [0.1, 0.15) is 22.5 Å². The first-order valence-corrected chi connectivity index (χ1v) is 8.21. The van der Waals surface area contributed by atoms with Crippen LogP contribution in [-0.4, -0.2) is 36.4 Å². The first-order chi connectivity index (χ1) is 12.2. The van der Waals surface area contributed by atoms with Crippen molar-refractivity contribution in [3.8, 4) is 11.4 Å². The van der Waals surface area contributed by atoms with Crippen LogP contribution in [0.25, 0.3) is 11.4 Å². The van der Waals surface area contributed by atoms with E-state index < -0.39 is 0 Å². The van der Waals surface area contributed by atoms with E-state index in [-0.39, 0.29) is 5.56 Å². The zero-order valence-corrected chi connectivity index (χ0v) is 13.9. The van der Waals surface area contributed by atoms with Gasteiger partial charge in [0.2, 0.25) is 0 Å². The van der Waals surface area contributed by atoms with Gasteiger partial charge in [-0.15, -0.1) is 0 Å². The van der Waals surface area contributed by atoms with Gasteiger partial charge in [-0.05, 0) is 25.0 Å². The molecule has 4 rings (SSSR count). The molecule has 0 aliphatic carbocycles. The normalized spacial score (nSPS) is 14.3. The van der Waals surface area contributed by atoms with E-state index in [1.165, 1.54) is 11.9 Å². The lowest BCUT2D eigenvalue weighted by Gasteiger charge is -2.27. The van der Waals surface area contributed by atoms with Gasteiger partial charge in [-0.3, -0.25) is 14.7 Å². The summed E-state index contributed by atoms with van der Waals surface area (Å²) in [7, 11) is 0. The number of hydrogen-bond acceptors (Lipinski definition) is 6. The molecule has 1 aliphatic rings. The predicted octanol–water partition coefficient (Wildman–Crippen LogP) is 1.49. The zero-order chi connectivity index (χ0) is 17.2. The number of nitrogens with zero attached hydrogens (tertiary/aromatic N) is 5. The molecule has 3 aromatic rings. The molecule has 1 aliphatic heterocycles. The van der Waals surface area contributed by atoms with Gasteiger partial charge in [0, 0.05) is 43.8 Å². The lowest BCUT2D eigenvalue weighted by molar-refractivity contribution is 0.237. The minimum absolute atomic E-state index is 0.0717. The van der Waals surface area contributed by atoms with Crippen molar-refractivity contribution in [3.63, 3.8) is 0 Å². The number of aromatic nitrogens is 5. The zero-order valence-electron chi connectivity index (χ0n) is 13.9. The highest BCUT2D eigenvalue weighted by molar-refractivity contribution is 5.52. The number of rotatable bonds is 3. The summed E-state index contributed by atoms with van der Waals surface area (Å²) < 4.78 is 0. The first kappa shape index (κ1) is 15.6. The van der Waals surface area contributed by atoms with Gasteiger partial charge in [0.25, 0.3) is 5.56 Å². The maximum Gasteiger partial charge on any atom is 0.254 e. The van der Waals surface area contributed by atoms with Crippen molar-refractivity contribution in [1.29, 1.82) is 0 Å². The van der Waals surface area contributed by atoms with Crippen LogP contribution in [0.3, 0.4) is 0 Å². The third kappa shape index (κ3) is 3.18. The lowest BCUT2D eigenvalue weighted by Crippen LogP contribution is -2.35. The van der Waals surface area contributed by atoms with Crippen LogP contribution >= 0.6 is 0 Å². The molecule has 0 unspecified atom stereocenters. The topological polar surface area (TPSA) is 87.7 Å². The monoisotopic (exact) mass is 334 g/mol. The van der Waals surface area contributed by atoms with Crippen LogP contribution in [0.4, 0.5) is 0 Å². The molecule has 0 saturated heterocycles. The molecule has 3 aromatic heterocycles. The standard InChI is InChI=1S/C18H18N6O/c1-12-3-2-5-21-15(12)9-24-6-4-14-16(10-24)22-17(23-18(14)25)13-7-19-11-20-8-13/h2-3,5,7-8,11H,4,6,9-10H2,1H3,(H,22,23,25). The summed E-state index contributed by atoms with van der Waals surface area (Å²) in [5.74, 6) is 0.514. The average Bonchev–Trinajstić information content (AvgIpc) is 2.64. The molecule has 0 spiro atoms. The molecule has 0 amide bonds. The third-order valence-corrected chi connectivity index (χ3v) is 4.48. The van der Waals surface area contributed by atoms with Gasteiger partial charge in [-0.2, -0.15) is 0 Å². The fraction of sp³-hybridized carbons (Fsp3) is 0.278. The van der Waals surface area contributed by atoms with Crippen LogP contribution < -0.4 is 5.56 Å². The van der Waals surface area contributed by atoms with Gasteiger partial charge >= 0.3 is 0 Å². The maximum atomic E-state index is 12.4. The Labute approximate surface area is 144 Å². The van der Waals surface area contributed by atoms with E-state index in [4.69, 9.17) is 0 Å². The molecular formula is C18H18N6O. The third-order valence-electron chi connectivity index (χ3n) is 4.48. The van der Waals surface area contributed by atoms with Gasteiger partial charge in [-0.25, -0.2) is 15.0 Å². The number of fused-ring (bicyclic) bond motifs is 1. The van der Waals surface area contributed by atoms with Gasteiger partial charge in [0.15, 0.2) is 0 Å². The molecule has 25 heavy (non-hydrogen) atoms. The summed E-state index contributed by atoms with van der Waals surface area (Å²) in [6.07, 6.45) is 7.26. The molecule has 1 N–H and O–H groups in total. The van der Waals surface area contributed by atoms with Crippen LogP contribution in [0.15, 0.2) is 41.8 Å². The highest BCUT2D eigenvalue weighted by atomic mass is 16.1. The quantitative estimate of drug-likeness (QED) is 0.781. The Morgan fingerprint density at radius 2 is 2.12 bits per heavy atom. The molecule has 0 saturated carbocycles. The summed E-state index contributed by atoms with van der Waals surface area (Å²) in [6, 6.07) is 4.01. The Balaban J connectivity index is 1.63. The van der Waals surface area contributed by atoms with E-state index in [1.807, 2.05) is 12.3 Å². The average molecular weight is 334 g/mol. The summed E-state index contributed by atoms with van der Waals surface area (Å²) in [6.45, 7) is 4.28. The minimum Gasteiger partial charge on any atom is -0.306 e. The van der Waals surface area contributed by atoms with Gasteiger partial charge in [-0.1, -0.05) is 6.07 Å². The molecule has 7 nitrogen and oxygen atoms in total. The molecule has 0 radical (unpaired) electrons. The molecule has 7 heteroatoms. The second-order valence-electron chi connectivity index (χ2n) is 6.19. The predicted molar refractivity (Wildman–Crippen MR) is 92.7 cm³/mol. The number of aryl methyl sites for hydroxylation is 1. The van der Waals surface area contributed by atoms with Gasteiger partial charge in [0.1, 0.15) is 12.2 Å². The number of H-pyrrole nitrogens is 1. The summed E-state index contributed by atoms with van der Waals surface area (Å²) in [4.78, 5) is 34.6. The van der Waals surface area contributed by atoms with E-state index in [0.29, 0.717) is 24.4 Å². The smallest absolute Gasteiger partial charge is 0.254 e. The Hall–Kier alpha value is -2.93. The summed E-state index contributed by atoms with van der Waals surface area (Å²) >= 11 is 0. The number of aromatic amines is 1. The molecule has 4 heterocycles. The second kappa shape index (κ2) is 6.52. The first-order valence-electron chi connectivity index (χ1n) is 8.21. The summed E-state index contributed by atoms with van der Waals surface area (Å²) in [5, 5.41) is 0. The van der Waals surface area contributed by atoms with Crippen molar-refractivity contribution in [1.82, 2.24) is 29.8 Å². The molecule has 126 valence electrons. The van der Waals surface area contributed by atoms with Crippen LogP contribution in [0.5, 0.6) is 0 Å². The van der Waals surface area contributed by atoms with Crippen LogP contribution in [0, 0.1) is 6.92 Å². The molecule has 0 atom stereocenters. The molecule has 0 fully saturated rings.